The number of nitrogens with one attached hydrogen (secondary N) is 1. The number of aryl methyl sites for hydroxylation is 1. The molecule has 0 aliphatic heterocycles. The Morgan fingerprint density at radius 1 is 1.38 bits per heavy atom. The van der Waals surface area contributed by atoms with Gasteiger partial charge in [-0.05, 0) is 37.5 Å². The summed E-state index contributed by atoms with van der Waals surface area (Å²) in [6.45, 7) is 2.39. The van der Waals surface area contributed by atoms with Crippen LogP contribution in [0.4, 0.5) is 4.39 Å². The molecule has 1 aromatic rings. The second-order valence-electron chi connectivity index (χ2n) is 4.61. The number of halogens is 1. The number of benzene rings is 1. The van der Waals surface area contributed by atoms with Crippen LogP contribution in [0.3, 0.4) is 0 Å². The van der Waals surface area contributed by atoms with Gasteiger partial charge in [-0.2, -0.15) is 0 Å². The minimum atomic E-state index is -4.22. The summed E-state index contributed by atoms with van der Waals surface area (Å²) in [5.41, 5.74) is 0.107. The molecular formula is C13H19FN2O4S. The van der Waals surface area contributed by atoms with Crippen molar-refractivity contribution in [2.45, 2.75) is 24.7 Å². The number of amides is 1. The average Bonchev–Trinajstić information content (AvgIpc) is 2.39. The molecular weight excluding hydrogens is 299 g/mol. The monoisotopic (exact) mass is 318 g/mol. The molecule has 0 radical (unpaired) electrons. The third kappa shape index (κ3) is 5.07. The van der Waals surface area contributed by atoms with E-state index < -0.39 is 26.6 Å². The van der Waals surface area contributed by atoms with E-state index >= 15 is 0 Å². The first kappa shape index (κ1) is 17.5. The Morgan fingerprint density at radius 2 is 2.05 bits per heavy atom. The van der Waals surface area contributed by atoms with Crippen molar-refractivity contribution in [3.63, 3.8) is 0 Å². The van der Waals surface area contributed by atoms with Gasteiger partial charge < -0.3 is 10.1 Å². The SMILES string of the molecule is COCCCCNC(=O)c1cc(C)c(F)c(S(N)(=O)=O)c1. The van der Waals surface area contributed by atoms with Gasteiger partial charge in [-0.1, -0.05) is 0 Å². The van der Waals surface area contributed by atoms with E-state index in [1.807, 2.05) is 0 Å². The minimum absolute atomic E-state index is 0.0473. The van der Waals surface area contributed by atoms with Crippen LogP contribution in [0.2, 0.25) is 0 Å². The molecule has 0 aliphatic rings. The number of methoxy groups -OCH3 is 1. The maximum atomic E-state index is 13.7. The number of carbonyl (C=O) groups excluding carboxylic acids is 1. The fraction of sp³-hybridized carbons (Fsp3) is 0.462. The average molecular weight is 318 g/mol. The molecule has 0 heterocycles. The van der Waals surface area contributed by atoms with Crippen molar-refractivity contribution in [2.24, 2.45) is 5.14 Å². The van der Waals surface area contributed by atoms with Crippen LogP contribution in [0, 0.1) is 12.7 Å². The lowest BCUT2D eigenvalue weighted by atomic mass is 10.1. The smallest absolute Gasteiger partial charge is 0.251 e. The predicted molar refractivity (Wildman–Crippen MR) is 76.0 cm³/mol. The van der Waals surface area contributed by atoms with Gasteiger partial charge in [0.25, 0.3) is 5.91 Å². The number of carbonyl (C=O) groups is 1. The maximum absolute atomic E-state index is 13.7. The van der Waals surface area contributed by atoms with Gasteiger partial charge in [0, 0.05) is 25.8 Å². The van der Waals surface area contributed by atoms with Crippen molar-refractivity contribution >= 4 is 15.9 Å². The molecule has 0 aromatic heterocycles. The van der Waals surface area contributed by atoms with Crippen LogP contribution in [-0.2, 0) is 14.8 Å². The van der Waals surface area contributed by atoms with Gasteiger partial charge in [-0.25, -0.2) is 17.9 Å². The largest absolute Gasteiger partial charge is 0.385 e. The van der Waals surface area contributed by atoms with Crippen molar-refractivity contribution in [1.82, 2.24) is 5.32 Å². The van der Waals surface area contributed by atoms with E-state index in [9.17, 15) is 17.6 Å². The number of unbranched alkanes of at least 4 members (excludes halogenated alkanes) is 1. The van der Waals surface area contributed by atoms with Crippen molar-refractivity contribution in [3.8, 4) is 0 Å². The lowest BCUT2D eigenvalue weighted by Crippen LogP contribution is -2.25. The lowest BCUT2D eigenvalue weighted by Gasteiger charge is -2.09. The molecule has 3 N–H and O–H groups in total. The number of hydrogen-bond donors (Lipinski definition) is 2. The van der Waals surface area contributed by atoms with Crippen molar-refractivity contribution in [2.75, 3.05) is 20.3 Å². The number of ether oxygens (including phenoxy) is 1. The highest BCUT2D eigenvalue weighted by atomic mass is 32.2. The Morgan fingerprint density at radius 3 is 2.62 bits per heavy atom. The summed E-state index contributed by atoms with van der Waals surface area (Å²) in [5.74, 6) is -1.41. The summed E-state index contributed by atoms with van der Waals surface area (Å²) in [6, 6.07) is 2.23. The van der Waals surface area contributed by atoms with Gasteiger partial charge in [0.1, 0.15) is 10.7 Å². The van der Waals surface area contributed by atoms with E-state index in [2.05, 4.69) is 5.32 Å². The topological polar surface area (TPSA) is 98.5 Å². The summed E-state index contributed by atoms with van der Waals surface area (Å²) in [5, 5.41) is 7.57. The maximum Gasteiger partial charge on any atom is 0.251 e. The second-order valence-corrected chi connectivity index (χ2v) is 6.14. The summed E-state index contributed by atoms with van der Waals surface area (Å²) in [6.07, 6.45) is 1.52. The van der Waals surface area contributed by atoms with Gasteiger partial charge >= 0.3 is 0 Å². The molecule has 0 fully saturated rings. The first-order valence-corrected chi connectivity index (χ1v) is 7.92. The van der Waals surface area contributed by atoms with E-state index in [0.29, 0.717) is 13.2 Å². The van der Waals surface area contributed by atoms with E-state index in [0.717, 1.165) is 18.9 Å². The third-order valence-corrected chi connectivity index (χ3v) is 3.76. The van der Waals surface area contributed by atoms with Gasteiger partial charge in [0.05, 0.1) is 0 Å². The first-order valence-electron chi connectivity index (χ1n) is 6.37. The van der Waals surface area contributed by atoms with Crippen LogP contribution >= 0.6 is 0 Å². The molecule has 0 unspecified atom stereocenters. The molecule has 0 spiro atoms. The molecule has 0 saturated heterocycles. The highest BCUT2D eigenvalue weighted by Gasteiger charge is 2.19. The van der Waals surface area contributed by atoms with E-state index in [4.69, 9.17) is 9.88 Å². The van der Waals surface area contributed by atoms with Gasteiger partial charge in [-0.15, -0.1) is 0 Å². The summed E-state index contributed by atoms with van der Waals surface area (Å²) in [7, 11) is -2.62. The Labute approximate surface area is 123 Å². The molecule has 21 heavy (non-hydrogen) atoms. The molecule has 1 amide bonds. The summed E-state index contributed by atoms with van der Waals surface area (Å²) in [4.78, 5) is 11.2. The van der Waals surface area contributed by atoms with E-state index in [1.165, 1.54) is 13.0 Å². The molecule has 0 bridgehead atoms. The fourth-order valence-corrected chi connectivity index (χ4v) is 2.45. The quantitative estimate of drug-likeness (QED) is 0.731. The molecule has 0 atom stereocenters. The molecule has 0 aliphatic carbocycles. The number of hydrogen-bond acceptors (Lipinski definition) is 4. The number of primary sulfonamides is 1. The molecule has 1 aromatic carbocycles. The Balaban J connectivity index is 2.84. The fourth-order valence-electron chi connectivity index (χ4n) is 1.75. The molecule has 8 heteroatoms. The van der Waals surface area contributed by atoms with Crippen LogP contribution in [0.25, 0.3) is 0 Å². The van der Waals surface area contributed by atoms with Crippen LogP contribution in [0.1, 0.15) is 28.8 Å². The van der Waals surface area contributed by atoms with E-state index in [1.54, 1.807) is 7.11 Å². The number of rotatable bonds is 7. The van der Waals surface area contributed by atoms with Gasteiger partial charge in [0.2, 0.25) is 10.0 Å². The van der Waals surface area contributed by atoms with Gasteiger partial charge in [0.15, 0.2) is 0 Å². The zero-order valence-corrected chi connectivity index (χ0v) is 12.8. The standard InChI is InChI=1S/C13H19FN2O4S/c1-9-7-10(8-11(12(9)14)21(15,18)19)13(17)16-5-3-4-6-20-2/h7-8H,3-6H2,1-2H3,(H,16,17)(H2,15,18,19). The predicted octanol–water partition coefficient (Wildman–Crippen LogP) is 0.938. The van der Waals surface area contributed by atoms with Crippen LogP contribution in [-0.4, -0.2) is 34.6 Å². The van der Waals surface area contributed by atoms with Gasteiger partial charge in [-0.3, -0.25) is 4.79 Å². The highest BCUT2D eigenvalue weighted by Crippen LogP contribution is 2.19. The highest BCUT2D eigenvalue weighted by molar-refractivity contribution is 7.89. The Hall–Kier alpha value is -1.51. The summed E-state index contributed by atoms with van der Waals surface area (Å²) >= 11 is 0. The zero-order valence-electron chi connectivity index (χ0n) is 12.0. The van der Waals surface area contributed by atoms with Crippen molar-refractivity contribution < 1.29 is 22.3 Å². The Kier molecular flexibility index (Phi) is 6.25. The molecule has 0 saturated carbocycles. The van der Waals surface area contributed by atoms with Crippen LogP contribution in [0.5, 0.6) is 0 Å². The third-order valence-electron chi connectivity index (χ3n) is 2.85. The van der Waals surface area contributed by atoms with Crippen molar-refractivity contribution in [3.05, 3.63) is 29.1 Å². The first-order chi connectivity index (χ1) is 9.77. The zero-order chi connectivity index (χ0) is 16.0. The number of nitrogens with two attached hydrogens (primary N) is 1. The van der Waals surface area contributed by atoms with Crippen molar-refractivity contribution in [1.29, 1.82) is 0 Å². The normalized spacial score (nSPS) is 11.4. The van der Waals surface area contributed by atoms with E-state index in [-0.39, 0.29) is 11.1 Å². The molecule has 1 rings (SSSR count). The Bertz CT molecular complexity index is 617. The number of sulfonamides is 1. The van der Waals surface area contributed by atoms with Crippen LogP contribution in [0.15, 0.2) is 17.0 Å². The molecule has 118 valence electrons. The minimum Gasteiger partial charge on any atom is -0.385 e. The van der Waals surface area contributed by atoms with Crippen LogP contribution < -0.4 is 10.5 Å². The lowest BCUT2D eigenvalue weighted by molar-refractivity contribution is 0.0951. The summed E-state index contributed by atoms with van der Waals surface area (Å²) < 4.78 is 41.2. The second kappa shape index (κ2) is 7.48. The molecule has 6 nitrogen and oxygen atoms in total.